The molecular weight excluding hydrogens is 250 g/mol. The Morgan fingerprint density at radius 3 is 2.32 bits per heavy atom. The average molecular weight is 262 g/mol. The summed E-state index contributed by atoms with van der Waals surface area (Å²) in [5, 5.41) is 4.92. The van der Waals surface area contributed by atoms with Crippen LogP contribution in [0.5, 0.6) is 0 Å². The molecular formula is C14H12F2N2O. The lowest BCUT2D eigenvalue weighted by atomic mass is 10.2. The van der Waals surface area contributed by atoms with E-state index in [4.69, 9.17) is 0 Å². The summed E-state index contributed by atoms with van der Waals surface area (Å²) in [4.78, 5) is 11.6. The van der Waals surface area contributed by atoms with Gasteiger partial charge in [0.1, 0.15) is 11.6 Å². The fraction of sp³-hybridized carbons (Fsp3) is 0.0714. The van der Waals surface area contributed by atoms with Crippen LogP contribution in [-0.4, -0.2) is 6.03 Å². The maximum Gasteiger partial charge on any atom is 0.323 e. The zero-order valence-electron chi connectivity index (χ0n) is 10.2. The molecule has 0 radical (unpaired) electrons. The van der Waals surface area contributed by atoms with E-state index in [2.05, 4.69) is 10.6 Å². The first-order valence-corrected chi connectivity index (χ1v) is 5.64. The van der Waals surface area contributed by atoms with Crippen LogP contribution in [-0.2, 0) is 0 Å². The molecule has 0 aromatic heterocycles. The van der Waals surface area contributed by atoms with Gasteiger partial charge in [0.2, 0.25) is 0 Å². The van der Waals surface area contributed by atoms with Gasteiger partial charge in [-0.05, 0) is 42.8 Å². The second-order valence-electron chi connectivity index (χ2n) is 4.05. The molecule has 0 unspecified atom stereocenters. The van der Waals surface area contributed by atoms with E-state index < -0.39 is 17.7 Å². The Morgan fingerprint density at radius 2 is 1.68 bits per heavy atom. The number of benzene rings is 2. The maximum atomic E-state index is 13.3. The Kier molecular flexibility index (Phi) is 3.75. The van der Waals surface area contributed by atoms with Gasteiger partial charge in [0.05, 0.1) is 0 Å². The third kappa shape index (κ3) is 3.51. The number of aryl methyl sites for hydroxylation is 1. The minimum Gasteiger partial charge on any atom is -0.308 e. The van der Waals surface area contributed by atoms with Crippen molar-refractivity contribution in [1.29, 1.82) is 0 Å². The Balaban J connectivity index is 2.03. The lowest BCUT2D eigenvalue weighted by Crippen LogP contribution is -2.19. The van der Waals surface area contributed by atoms with E-state index in [0.717, 1.165) is 0 Å². The highest BCUT2D eigenvalue weighted by Crippen LogP contribution is 2.14. The third-order valence-electron chi connectivity index (χ3n) is 2.51. The molecule has 0 heterocycles. The van der Waals surface area contributed by atoms with Gasteiger partial charge in [-0.25, -0.2) is 13.6 Å². The van der Waals surface area contributed by atoms with Crippen LogP contribution in [0.3, 0.4) is 0 Å². The van der Waals surface area contributed by atoms with E-state index in [-0.39, 0.29) is 0 Å². The van der Waals surface area contributed by atoms with Crippen LogP contribution >= 0.6 is 0 Å². The summed E-state index contributed by atoms with van der Waals surface area (Å²) in [5.41, 5.74) is 1.15. The number of amides is 2. The second kappa shape index (κ2) is 5.48. The monoisotopic (exact) mass is 262 g/mol. The molecule has 2 N–H and O–H groups in total. The van der Waals surface area contributed by atoms with Crippen molar-refractivity contribution in [2.24, 2.45) is 0 Å². The van der Waals surface area contributed by atoms with E-state index in [9.17, 15) is 13.6 Å². The molecule has 0 saturated heterocycles. The summed E-state index contributed by atoms with van der Waals surface area (Å²) >= 11 is 0. The number of urea groups is 1. The van der Waals surface area contributed by atoms with Crippen LogP contribution in [0.2, 0.25) is 0 Å². The first-order valence-electron chi connectivity index (χ1n) is 5.64. The van der Waals surface area contributed by atoms with Gasteiger partial charge in [-0.15, -0.1) is 0 Å². The molecule has 2 rings (SSSR count). The highest BCUT2D eigenvalue weighted by atomic mass is 19.1. The fourth-order valence-corrected chi connectivity index (χ4v) is 1.53. The lowest BCUT2D eigenvalue weighted by Gasteiger charge is -2.08. The molecule has 2 amide bonds. The molecule has 0 bridgehead atoms. The van der Waals surface area contributed by atoms with Crippen LogP contribution in [0.15, 0.2) is 42.5 Å². The van der Waals surface area contributed by atoms with Crippen molar-refractivity contribution in [2.45, 2.75) is 6.92 Å². The quantitative estimate of drug-likeness (QED) is 0.846. The van der Waals surface area contributed by atoms with E-state index >= 15 is 0 Å². The van der Waals surface area contributed by atoms with Gasteiger partial charge in [0.25, 0.3) is 0 Å². The molecule has 19 heavy (non-hydrogen) atoms. The Morgan fingerprint density at radius 1 is 1.00 bits per heavy atom. The van der Waals surface area contributed by atoms with Gasteiger partial charge in [-0.3, -0.25) is 0 Å². The zero-order chi connectivity index (χ0) is 13.8. The minimum absolute atomic E-state index is 0.324. The number of hydrogen-bond donors (Lipinski definition) is 2. The van der Waals surface area contributed by atoms with Crippen LogP contribution in [0.4, 0.5) is 25.0 Å². The van der Waals surface area contributed by atoms with Crippen molar-refractivity contribution in [3.8, 4) is 0 Å². The summed E-state index contributed by atoms with van der Waals surface area (Å²) in [5.74, 6) is -0.845. The van der Waals surface area contributed by atoms with E-state index in [0.29, 0.717) is 16.9 Å². The van der Waals surface area contributed by atoms with Gasteiger partial charge in [-0.1, -0.05) is 12.1 Å². The Hall–Kier alpha value is -2.43. The Bertz CT molecular complexity index is 614. The van der Waals surface area contributed by atoms with Crippen LogP contribution in [0.1, 0.15) is 5.56 Å². The maximum absolute atomic E-state index is 13.3. The number of rotatable bonds is 2. The molecule has 2 aromatic carbocycles. The number of nitrogens with one attached hydrogen (secondary N) is 2. The standard InChI is InChI=1S/C14H12F2N2O/c1-9-5-6-12(8-13(9)16)18-14(19)17-11-4-2-3-10(15)7-11/h2-8H,1H3,(H2,17,18,19). The van der Waals surface area contributed by atoms with Crippen LogP contribution in [0, 0.1) is 18.6 Å². The molecule has 98 valence electrons. The molecule has 0 atom stereocenters. The topological polar surface area (TPSA) is 41.1 Å². The highest BCUT2D eigenvalue weighted by Gasteiger charge is 2.05. The summed E-state index contributed by atoms with van der Waals surface area (Å²) < 4.78 is 26.2. The van der Waals surface area contributed by atoms with Crippen molar-refractivity contribution in [3.05, 3.63) is 59.7 Å². The highest BCUT2D eigenvalue weighted by molar-refractivity contribution is 5.99. The number of halogens is 2. The number of carbonyl (C=O) groups is 1. The number of carbonyl (C=O) groups excluding carboxylic acids is 1. The van der Waals surface area contributed by atoms with Gasteiger partial charge in [0, 0.05) is 11.4 Å². The van der Waals surface area contributed by atoms with Gasteiger partial charge >= 0.3 is 6.03 Å². The van der Waals surface area contributed by atoms with Crippen molar-refractivity contribution in [3.63, 3.8) is 0 Å². The fourth-order valence-electron chi connectivity index (χ4n) is 1.53. The zero-order valence-corrected chi connectivity index (χ0v) is 10.2. The second-order valence-corrected chi connectivity index (χ2v) is 4.05. The van der Waals surface area contributed by atoms with Crippen molar-refractivity contribution >= 4 is 17.4 Å². The van der Waals surface area contributed by atoms with Crippen LogP contribution < -0.4 is 10.6 Å². The molecule has 2 aromatic rings. The van der Waals surface area contributed by atoms with E-state index in [1.807, 2.05) is 0 Å². The predicted octanol–water partition coefficient (Wildman–Crippen LogP) is 3.92. The third-order valence-corrected chi connectivity index (χ3v) is 2.51. The SMILES string of the molecule is Cc1ccc(NC(=O)Nc2cccc(F)c2)cc1F. The predicted molar refractivity (Wildman–Crippen MR) is 70.2 cm³/mol. The van der Waals surface area contributed by atoms with E-state index in [1.54, 1.807) is 25.1 Å². The molecule has 0 fully saturated rings. The molecule has 3 nitrogen and oxygen atoms in total. The first-order chi connectivity index (χ1) is 9.04. The van der Waals surface area contributed by atoms with Gasteiger partial charge in [0.15, 0.2) is 0 Å². The number of hydrogen-bond acceptors (Lipinski definition) is 1. The number of anilines is 2. The molecule has 0 aliphatic heterocycles. The van der Waals surface area contributed by atoms with Gasteiger partial charge < -0.3 is 10.6 Å². The average Bonchev–Trinajstić information content (AvgIpc) is 2.34. The molecule has 0 aliphatic rings. The molecule has 0 spiro atoms. The largest absolute Gasteiger partial charge is 0.323 e. The van der Waals surface area contributed by atoms with E-state index in [1.165, 1.54) is 24.3 Å². The molecule has 0 aliphatic carbocycles. The summed E-state index contributed by atoms with van der Waals surface area (Å²) in [6.45, 7) is 1.63. The van der Waals surface area contributed by atoms with Crippen molar-refractivity contribution in [1.82, 2.24) is 0 Å². The van der Waals surface area contributed by atoms with Gasteiger partial charge in [-0.2, -0.15) is 0 Å². The summed E-state index contributed by atoms with van der Waals surface area (Å²) in [6.07, 6.45) is 0. The molecule has 5 heteroatoms. The lowest BCUT2D eigenvalue weighted by molar-refractivity contribution is 0.262. The van der Waals surface area contributed by atoms with Crippen molar-refractivity contribution < 1.29 is 13.6 Å². The summed E-state index contributed by atoms with van der Waals surface area (Å²) in [7, 11) is 0. The Labute approximate surface area is 109 Å². The normalized spacial score (nSPS) is 10.1. The van der Waals surface area contributed by atoms with Crippen LogP contribution in [0.25, 0.3) is 0 Å². The summed E-state index contributed by atoms with van der Waals surface area (Å²) in [6, 6.07) is 9.31. The minimum atomic E-state index is -0.561. The molecule has 0 saturated carbocycles. The van der Waals surface area contributed by atoms with Crippen molar-refractivity contribution in [2.75, 3.05) is 10.6 Å². The smallest absolute Gasteiger partial charge is 0.308 e. The first kappa shape index (κ1) is 13.0.